The van der Waals surface area contributed by atoms with Crippen molar-refractivity contribution in [3.05, 3.63) is 46.5 Å². The molecule has 0 N–H and O–H groups in total. The van der Waals surface area contributed by atoms with Crippen molar-refractivity contribution < 1.29 is 8.42 Å². The molecule has 1 aliphatic carbocycles. The third kappa shape index (κ3) is 3.23. The molecule has 0 amide bonds. The van der Waals surface area contributed by atoms with Gasteiger partial charge in [-0.3, -0.25) is 14.1 Å². The van der Waals surface area contributed by atoms with E-state index in [4.69, 9.17) is 0 Å². The minimum absolute atomic E-state index is 0.0634. The molecule has 2 aromatic rings. The first-order valence-electron chi connectivity index (χ1n) is 8.44. The van der Waals surface area contributed by atoms with Crippen LogP contribution in [0.25, 0.3) is 5.65 Å². The molecule has 24 heavy (non-hydrogen) atoms. The van der Waals surface area contributed by atoms with E-state index in [0.717, 1.165) is 25.1 Å². The van der Waals surface area contributed by atoms with E-state index in [0.29, 0.717) is 24.5 Å². The van der Waals surface area contributed by atoms with E-state index in [-0.39, 0.29) is 23.1 Å². The predicted molar refractivity (Wildman–Crippen MR) is 91.7 cm³/mol. The minimum atomic E-state index is -2.97. The van der Waals surface area contributed by atoms with Gasteiger partial charge in [-0.15, -0.1) is 0 Å². The van der Waals surface area contributed by atoms with Gasteiger partial charge in [0.05, 0.1) is 17.2 Å². The standard InChI is InChI=1S/C17H21N3O3S/c21-17-10-14(18-16-4-1-2-8-20(16)17)11-19-7-3-9-24(22,23)12-15(19)13-5-6-13/h1-2,4,8,10,13,15H,3,5-7,9,11-12H2. The second kappa shape index (κ2) is 5.97. The van der Waals surface area contributed by atoms with Crippen molar-refractivity contribution in [1.29, 1.82) is 0 Å². The lowest BCUT2D eigenvalue weighted by atomic mass is 10.1. The van der Waals surface area contributed by atoms with Crippen LogP contribution in [0.4, 0.5) is 0 Å². The first-order valence-corrected chi connectivity index (χ1v) is 10.3. The summed E-state index contributed by atoms with van der Waals surface area (Å²) in [6.07, 6.45) is 4.56. The zero-order valence-electron chi connectivity index (χ0n) is 13.5. The summed E-state index contributed by atoms with van der Waals surface area (Å²) in [4.78, 5) is 19.1. The Bertz CT molecular complexity index is 918. The Morgan fingerprint density at radius 2 is 2.08 bits per heavy atom. The fourth-order valence-corrected chi connectivity index (χ4v) is 5.34. The molecule has 1 unspecified atom stereocenters. The van der Waals surface area contributed by atoms with Crippen molar-refractivity contribution in [3.8, 4) is 0 Å². The van der Waals surface area contributed by atoms with Gasteiger partial charge in [-0.05, 0) is 43.9 Å². The monoisotopic (exact) mass is 347 g/mol. The number of aromatic nitrogens is 2. The Balaban J connectivity index is 1.64. The Morgan fingerprint density at radius 3 is 2.88 bits per heavy atom. The van der Waals surface area contributed by atoms with Gasteiger partial charge in [0.2, 0.25) is 0 Å². The normalized spacial score (nSPS) is 24.8. The zero-order chi connectivity index (χ0) is 16.7. The fraction of sp³-hybridized carbons (Fsp3) is 0.529. The van der Waals surface area contributed by atoms with E-state index in [9.17, 15) is 13.2 Å². The number of rotatable bonds is 3. The first-order chi connectivity index (χ1) is 11.5. The fourth-order valence-electron chi connectivity index (χ4n) is 3.61. The van der Waals surface area contributed by atoms with Crippen LogP contribution in [0.5, 0.6) is 0 Å². The van der Waals surface area contributed by atoms with Crippen LogP contribution in [0.1, 0.15) is 25.0 Å². The van der Waals surface area contributed by atoms with Crippen LogP contribution in [0, 0.1) is 5.92 Å². The number of sulfone groups is 1. The molecule has 7 heteroatoms. The second-order valence-electron chi connectivity index (χ2n) is 6.86. The van der Waals surface area contributed by atoms with Crippen LogP contribution in [-0.4, -0.2) is 46.8 Å². The van der Waals surface area contributed by atoms with Crippen molar-refractivity contribution in [2.24, 2.45) is 5.92 Å². The largest absolute Gasteiger partial charge is 0.293 e. The molecule has 1 saturated carbocycles. The third-order valence-electron chi connectivity index (χ3n) is 4.95. The maximum Gasteiger partial charge on any atom is 0.258 e. The van der Waals surface area contributed by atoms with Gasteiger partial charge in [-0.2, -0.15) is 0 Å². The molecule has 0 radical (unpaired) electrons. The Hall–Kier alpha value is -1.73. The smallest absolute Gasteiger partial charge is 0.258 e. The topological polar surface area (TPSA) is 71.8 Å². The van der Waals surface area contributed by atoms with E-state index in [1.54, 1.807) is 18.3 Å². The molecule has 1 saturated heterocycles. The summed E-state index contributed by atoms with van der Waals surface area (Å²) in [7, 11) is -2.97. The summed E-state index contributed by atoms with van der Waals surface area (Å²) in [5.74, 6) is 0.976. The van der Waals surface area contributed by atoms with E-state index in [1.165, 1.54) is 4.40 Å². The van der Waals surface area contributed by atoms with Crippen molar-refractivity contribution in [1.82, 2.24) is 14.3 Å². The van der Waals surface area contributed by atoms with Gasteiger partial charge in [0, 0.05) is 24.8 Å². The number of nitrogens with zero attached hydrogens (tertiary/aromatic N) is 3. The molecule has 0 aromatic carbocycles. The lowest BCUT2D eigenvalue weighted by molar-refractivity contribution is 0.185. The van der Waals surface area contributed by atoms with Gasteiger partial charge in [0.25, 0.3) is 5.56 Å². The van der Waals surface area contributed by atoms with Gasteiger partial charge in [-0.25, -0.2) is 13.4 Å². The average molecular weight is 347 g/mol. The second-order valence-corrected chi connectivity index (χ2v) is 9.09. The van der Waals surface area contributed by atoms with Crippen LogP contribution < -0.4 is 5.56 Å². The molecular formula is C17H21N3O3S. The summed E-state index contributed by atoms with van der Waals surface area (Å²) >= 11 is 0. The average Bonchev–Trinajstić information content (AvgIpc) is 3.36. The molecule has 128 valence electrons. The van der Waals surface area contributed by atoms with Gasteiger partial charge >= 0.3 is 0 Å². The molecular weight excluding hydrogens is 326 g/mol. The van der Waals surface area contributed by atoms with E-state index < -0.39 is 9.84 Å². The van der Waals surface area contributed by atoms with E-state index >= 15 is 0 Å². The minimum Gasteiger partial charge on any atom is -0.293 e. The molecule has 1 atom stereocenters. The lowest BCUT2D eigenvalue weighted by Gasteiger charge is -2.29. The highest BCUT2D eigenvalue weighted by molar-refractivity contribution is 7.91. The van der Waals surface area contributed by atoms with Crippen LogP contribution in [0.15, 0.2) is 35.3 Å². The number of pyridine rings is 1. The predicted octanol–water partition coefficient (Wildman–Crippen LogP) is 1.09. The molecule has 6 nitrogen and oxygen atoms in total. The van der Waals surface area contributed by atoms with Crippen LogP contribution in [0.3, 0.4) is 0 Å². The highest BCUT2D eigenvalue weighted by atomic mass is 32.2. The lowest BCUT2D eigenvalue weighted by Crippen LogP contribution is -2.40. The Morgan fingerprint density at radius 1 is 1.25 bits per heavy atom. The van der Waals surface area contributed by atoms with E-state index in [1.807, 2.05) is 12.1 Å². The molecule has 2 aromatic heterocycles. The van der Waals surface area contributed by atoms with Crippen molar-refractivity contribution >= 4 is 15.5 Å². The van der Waals surface area contributed by atoms with Crippen LogP contribution in [-0.2, 0) is 16.4 Å². The molecule has 4 rings (SSSR count). The molecule has 0 spiro atoms. The maximum absolute atomic E-state index is 12.2. The highest BCUT2D eigenvalue weighted by Gasteiger charge is 2.39. The number of hydrogen-bond acceptors (Lipinski definition) is 5. The molecule has 2 fully saturated rings. The third-order valence-corrected chi connectivity index (χ3v) is 6.71. The summed E-state index contributed by atoms with van der Waals surface area (Å²) in [6.45, 7) is 1.29. The Kier molecular flexibility index (Phi) is 3.92. The summed E-state index contributed by atoms with van der Waals surface area (Å²) < 4.78 is 25.8. The SMILES string of the molecule is O=c1cc(CN2CCCS(=O)(=O)CC2C2CC2)nc2ccccn12. The molecule has 3 heterocycles. The van der Waals surface area contributed by atoms with Crippen molar-refractivity contribution in [3.63, 3.8) is 0 Å². The number of fused-ring (bicyclic) bond motifs is 1. The van der Waals surface area contributed by atoms with Gasteiger partial charge in [0.1, 0.15) is 5.65 Å². The summed E-state index contributed by atoms with van der Waals surface area (Å²) in [5, 5.41) is 0. The molecule has 2 aliphatic rings. The summed E-state index contributed by atoms with van der Waals surface area (Å²) in [5.41, 5.74) is 1.25. The maximum atomic E-state index is 12.2. The quantitative estimate of drug-likeness (QED) is 0.831. The summed E-state index contributed by atoms with van der Waals surface area (Å²) in [6, 6.07) is 7.11. The zero-order valence-corrected chi connectivity index (χ0v) is 14.3. The van der Waals surface area contributed by atoms with E-state index in [2.05, 4.69) is 9.88 Å². The van der Waals surface area contributed by atoms with Gasteiger partial charge in [-0.1, -0.05) is 6.07 Å². The van der Waals surface area contributed by atoms with Crippen molar-refractivity contribution in [2.45, 2.75) is 31.8 Å². The Labute approximate surface area is 141 Å². The first kappa shape index (κ1) is 15.8. The van der Waals surface area contributed by atoms with Gasteiger partial charge in [0.15, 0.2) is 9.84 Å². The molecule has 1 aliphatic heterocycles. The van der Waals surface area contributed by atoms with Crippen LogP contribution >= 0.6 is 0 Å². The van der Waals surface area contributed by atoms with Gasteiger partial charge < -0.3 is 0 Å². The van der Waals surface area contributed by atoms with Crippen LogP contribution in [0.2, 0.25) is 0 Å². The molecule has 0 bridgehead atoms. The van der Waals surface area contributed by atoms with Crippen molar-refractivity contribution in [2.75, 3.05) is 18.1 Å². The highest BCUT2D eigenvalue weighted by Crippen LogP contribution is 2.37. The number of hydrogen-bond donors (Lipinski definition) is 0.